The van der Waals surface area contributed by atoms with E-state index in [-0.39, 0.29) is 0 Å². The molecule has 1 atom stereocenters. The molecule has 1 N–H and O–H groups in total. The lowest BCUT2D eigenvalue weighted by atomic mass is 10.0. The summed E-state index contributed by atoms with van der Waals surface area (Å²) >= 11 is 2.01. The lowest BCUT2D eigenvalue weighted by molar-refractivity contribution is 0.432. The highest BCUT2D eigenvalue weighted by Crippen LogP contribution is 2.39. The van der Waals surface area contributed by atoms with Gasteiger partial charge in [0, 0.05) is 30.1 Å². The van der Waals surface area contributed by atoms with Gasteiger partial charge in [0.2, 0.25) is 0 Å². The molecule has 1 unspecified atom stereocenters. The zero-order valence-electron chi connectivity index (χ0n) is 8.82. The number of rotatable bonds is 3. The van der Waals surface area contributed by atoms with Crippen molar-refractivity contribution in [3.05, 3.63) is 11.9 Å². The Morgan fingerprint density at radius 3 is 2.93 bits per heavy atom. The first-order valence-corrected chi connectivity index (χ1v) is 5.79. The van der Waals surface area contributed by atoms with Crippen molar-refractivity contribution in [1.29, 1.82) is 0 Å². The van der Waals surface area contributed by atoms with Crippen LogP contribution >= 0.6 is 11.8 Å². The van der Waals surface area contributed by atoms with Crippen molar-refractivity contribution in [3.8, 4) is 0 Å². The van der Waals surface area contributed by atoms with Crippen LogP contribution in [0.25, 0.3) is 0 Å². The van der Waals surface area contributed by atoms with Crippen LogP contribution in [-0.2, 0) is 13.6 Å². The van der Waals surface area contributed by atoms with Crippen molar-refractivity contribution >= 4 is 11.8 Å². The van der Waals surface area contributed by atoms with Crippen LogP contribution in [-0.4, -0.2) is 31.5 Å². The molecule has 78 valence electrons. The van der Waals surface area contributed by atoms with Crippen LogP contribution in [0.15, 0.2) is 6.20 Å². The Bertz CT molecular complexity index is 320. The molecule has 2 rings (SSSR count). The summed E-state index contributed by atoms with van der Waals surface area (Å²) in [6.45, 7) is 5.37. The average molecular weight is 212 g/mol. The van der Waals surface area contributed by atoms with E-state index in [0.717, 1.165) is 12.2 Å². The molecule has 1 aliphatic rings. The summed E-state index contributed by atoms with van der Waals surface area (Å²) in [5.41, 5.74) is 1.01. The lowest BCUT2D eigenvalue weighted by Crippen LogP contribution is -2.54. The van der Waals surface area contributed by atoms with Gasteiger partial charge in [-0.05, 0) is 13.8 Å². The van der Waals surface area contributed by atoms with Gasteiger partial charge in [0.05, 0.1) is 11.9 Å². The molecule has 0 aliphatic carbocycles. The third-order valence-electron chi connectivity index (χ3n) is 2.64. The number of hydrogen-bond donors (Lipinski definition) is 1. The van der Waals surface area contributed by atoms with Crippen LogP contribution in [0.1, 0.15) is 19.5 Å². The molecule has 4 nitrogen and oxygen atoms in total. The van der Waals surface area contributed by atoms with Crippen molar-refractivity contribution in [3.63, 3.8) is 0 Å². The van der Waals surface area contributed by atoms with Crippen LogP contribution < -0.4 is 5.32 Å². The van der Waals surface area contributed by atoms with E-state index >= 15 is 0 Å². The van der Waals surface area contributed by atoms with Gasteiger partial charge >= 0.3 is 0 Å². The van der Waals surface area contributed by atoms with Crippen LogP contribution in [0, 0.1) is 0 Å². The highest BCUT2D eigenvalue weighted by atomic mass is 32.2. The Hall–Kier alpha value is -0.550. The number of thioether (sulfide) groups is 1. The first kappa shape index (κ1) is 9.98. The molecule has 1 fully saturated rings. The van der Waals surface area contributed by atoms with E-state index in [9.17, 15) is 0 Å². The van der Waals surface area contributed by atoms with Gasteiger partial charge in [-0.2, -0.15) is 26.8 Å². The summed E-state index contributed by atoms with van der Waals surface area (Å²) in [4.78, 5) is 1.59. The third-order valence-corrected chi connectivity index (χ3v) is 4.17. The molecule has 2 heterocycles. The molecule has 1 aromatic heterocycles. The molecule has 14 heavy (non-hydrogen) atoms. The van der Waals surface area contributed by atoms with Gasteiger partial charge < -0.3 is 5.32 Å². The molecular formula is C9H16N4S. The predicted octanol–water partition coefficient (Wildman–Crippen LogP) is 0.799. The van der Waals surface area contributed by atoms with Gasteiger partial charge in [0.1, 0.15) is 0 Å². The number of aromatic nitrogens is 3. The second-order valence-corrected chi connectivity index (χ2v) is 5.85. The quantitative estimate of drug-likeness (QED) is 0.805. The van der Waals surface area contributed by atoms with Gasteiger partial charge in [-0.1, -0.05) is 0 Å². The number of nitrogens with one attached hydrogen (secondary N) is 1. The minimum atomic E-state index is 0.377. The molecule has 0 spiro atoms. The number of hydrogen-bond acceptors (Lipinski definition) is 4. The maximum absolute atomic E-state index is 4.23. The van der Waals surface area contributed by atoms with E-state index < -0.39 is 0 Å². The summed E-state index contributed by atoms with van der Waals surface area (Å²) in [6.07, 6.45) is 1.81. The highest BCUT2D eigenvalue weighted by molar-refractivity contribution is 8.02. The monoisotopic (exact) mass is 212 g/mol. The van der Waals surface area contributed by atoms with Crippen molar-refractivity contribution in [1.82, 2.24) is 20.3 Å². The SMILES string of the molecule is Cn1ncc(CNC2CSC2(C)C)n1. The maximum Gasteiger partial charge on any atom is 0.0964 e. The molecule has 1 aliphatic heterocycles. The van der Waals surface area contributed by atoms with Gasteiger partial charge in [-0.25, -0.2) is 0 Å². The van der Waals surface area contributed by atoms with Gasteiger partial charge in [-0.15, -0.1) is 0 Å². The van der Waals surface area contributed by atoms with Crippen molar-refractivity contribution in [2.75, 3.05) is 5.75 Å². The molecule has 5 heteroatoms. The van der Waals surface area contributed by atoms with Gasteiger partial charge in [0.15, 0.2) is 0 Å². The lowest BCUT2D eigenvalue weighted by Gasteiger charge is -2.44. The summed E-state index contributed by atoms with van der Waals surface area (Å²) in [6, 6.07) is 0.606. The Morgan fingerprint density at radius 2 is 2.50 bits per heavy atom. The molecule has 0 bridgehead atoms. The molecule has 0 radical (unpaired) electrons. The largest absolute Gasteiger partial charge is 0.306 e. The minimum Gasteiger partial charge on any atom is -0.306 e. The first-order chi connectivity index (χ1) is 6.58. The van der Waals surface area contributed by atoms with Gasteiger partial charge in [0.25, 0.3) is 0 Å². The third kappa shape index (κ3) is 1.93. The standard InChI is InChI=1S/C9H16N4S/c1-9(2)8(6-14-9)10-4-7-5-11-13(3)12-7/h5,8,10H,4,6H2,1-3H3. The fourth-order valence-electron chi connectivity index (χ4n) is 1.50. The van der Waals surface area contributed by atoms with E-state index in [1.807, 2.05) is 25.0 Å². The summed E-state index contributed by atoms with van der Waals surface area (Å²) in [5, 5.41) is 11.8. The molecule has 1 aromatic rings. The summed E-state index contributed by atoms with van der Waals surface area (Å²) in [5.74, 6) is 1.20. The van der Waals surface area contributed by atoms with Crippen LogP contribution in [0.5, 0.6) is 0 Å². The van der Waals surface area contributed by atoms with Crippen LogP contribution in [0.4, 0.5) is 0 Å². The second kappa shape index (κ2) is 3.55. The first-order valence-electron chi connectivity index (χ1n) is 4.80. The Balaban J connectivity index is 1.83. The van der Waals surface area contributed by atoms with Crippen molar-refractivity contribution in [2.24, 2.45) is 7.05 Å². The van der Waals surface area contributed by atoms with Crippen molar-refractivity contribution in [2.45, 2.75) is 31.2 Å². The van der Waals surface area contributed by atoms with E-state index in [1.54, 1.807) is 4.80 Å². The minimum absolute atomic E-state index is 0.377. The smallest absolute Gasteiger partial charge is 0.0964 e. The fraction of sp³-hybridized carbons (Fsp3) is 0.778. The zero-order valence-corrected chi connectivity index (χ0v) is 9.64. The van der Waals surface area contributed by atoms with Crippen molar-refractivity contribution < 1.29 is 0 Å². The Labute approximate surface area is 88.4 Å². The Kier molecular flexibility index (Phi) is 2.53. The normalized spacial score (nSPS) is 24.6. The van der Waals surface area contributed by atoms with E-state index in [2.05, 4.69) is 29.4 Å². The number of aryl methyl sites for hydroxylation is 1. The van der Waals surface area contributed by atoms with E-state index in [1.165, 1.54) is 5.75 Å². The average Bonchev–Trinajstić information content (AvgIpc) is 2.50. The maximum atomic E-state index is 4.23. The zero-order chi connectivity index (χ0) is 10.2. The number of nitrogens with zero attached hydrogens (tertiary/aromatic N) is 3. The van der Waals surface area contributed by atoms with E-state index in [4.69, 9.17) is 0 Å². The molecular weight excluding hydrogens is 196 g/mol. The molecule has 0 amide bonds. The van der Waals surface area contributed by atoms with Crippen LogP contribution in [0.3, 0.4) is 0 Å². The second-order valence-electron chi connectivity index (χ2n) is 4.17. The van der Waals surface area contributed by atoms with E-state index in [0.29, 0.717) is 10.8 Å². The summed E-state index contributed by atoms with van der Waals surface area (Å²) < 4.78 is 0.377. The topological polar surface area (TPSA) is 42.7 Å². The molecule has 1 saturated heterocycles. The fourth-order valence-corrected chi connectivity index (χ4v) is 2.70. The summed E-state index contributed by atoms with van der Waals surface area (Å²) in [7, 11) is 1.84. The van der Waals surface area contributed by atoms with Crippen LogP contribution in [0.2, 0.25) is 0 Å². The molecule has 0 aromatic carbocycles. The predicted molar refractivity (Wildman–Crippen MR) is 58.2 cm³/mol. The molecule has 0 saturated carbocycles. The highest BCUT2D eigenvalue weighted by Gasteiger charge is 2.38. The van der Waals surface area contributed by atoms with Gasteiger partial charge in [-0.3, -0.25) is 0 Å². The Morgan fingerprint density at radius 1 is 1.71 bits per heavy atom.